The van der Waals surface area contributed by atoms with Crippen LogP contribution in [0.1, 0.15) is 11.1 Å². The van der Waals surface area contributed by atoms with Crippen molar-refractivity contribution < 1.29 is 4.79 Å². The Hall–Kier alpha value is -1.94. The van der Waals surface area contributed by atoms with Gasteiger partial charge in [0.25, 0.3) is 5.91 Å². The highest BCUT2D eigenvalue weighted by atomic mass is 79.9. The summed E-state index contributed by atoms with van der Waals surface area (Å²) in [5, 5.41) is 8.82. The topological polar surface area (TPSA) is 44.1 Å². The van der Waals surface area contributed by atoms with Crippen molar-refractivity contribution in [1.29, 1.82) is 5.26 Å². The summed E-state index contributed by atoms with van der Waals surface area (Å²) in [4.78, 5) is 14.7. The van der Waals surface area contributed by atoms with Gasteiger partial charge in [0.15, 0.2) is 4.32 Å². The zero-order valence-corrected chi connectivity index (χ0v) is 14.9. The molecule has 0 saturated carbocycles. The highest BCUT2D eigenvalue weighted by Crippen LogP contribution is 2.36. The fraction of sp³-hybridized carbons (Fsp3) is 0. The standard InChI is InChI=1S/C17H9BrN2OS2/c18-13-2-1-3-14(9-13)20-16(21)15(23-17(20)22)8-11-4-6-12(10-19)7-5-11/h1-9H/b15-8+. The highest BCUT2D eigenvalue weighted by molar-refractivity contribution is 9.10. The first-order valence-corrected chi connectivity index (χ1v) is 8.64. The fourth-order valence-electron chi connectivity index (χ4n) is 2.11. The zero-order chi connectivity index (χ0) is 16.4. The summed E-state index contributed by atoms with van der Waals surface area (Å²) in [5.74, 6) is -0.137. The average Bonchev–Trinajstić information content (AvgIpc) is 2.82. The van der Waals surface area contributed by atoms with E-state index in [4.69, 9.17) is 17.5 Å². The van der Waals surface area contributed by atoms with E-state index in [1.54, 1.807) is 18.2 Å². The molecule has 1 amide bonds. The number of amides is 1. The number of nitrogens with zero attached hydrogens (tertiary/aromatic N) is 2. The molecule has 0 radical (unpaired) electrons. The minimum atomic E-state index is -0.137. The van der Waals surface area contributed by atoms with Gasteiger partial charge in [-0.05, 0) is 42.0 Å². The minimum Gasteiger partial charge on any atom is -0.268 e. The number of rotatable bonds is 2. The molecule has 23 heavy (non-hydrogen) atoms. The third-order valence-electron chi connectivity index (χ3n) is 3.20. The maximum Gasteiger partial charge on any atom is 0.270 e. The second-order valence-electron chi connectivity index (χ2n) is 4.73. The summed E-state index contributed by atoms with van der Waals surface area (Å²) in [6, 6.07) is 16.6. The van der Waals surface area contributed by atoms with Crippen molar-refractivity contribution in [2.45, 2.75) is 0 Å². The second-order valence-corrected chi connectivity index (χ2v) is 7.32. The average molecular weight is 401 g/mol. The summed E-state index contributed by atoms with van der Waals surface area (Å²) >= 11 is 10.0. The first kappa shape index (κ1) is 15.9. The monoisotopic (exact) mass is 400 g/mol. The molecule has 1 heterocycles. The predicted octanol–water partition coefficient (Wildman–Crippen LogP) is 4.73. The molecule has 0 aliphatic carbocycles. The van der Waals surface area contributed by atoms with E-state index < -0.39 is 0 Å². The Morgan fingerprint density at radius 1 is 1.22 bits per heavy atom. The van der Waals surface area contributed by atoms with E-state index >= 15 is 0 Å². The van der Waals surface area contributed by atoms with Crippen LogP contribution in [0.5, 0.6) is 0 Å². The number of halogens is 1. The maximum atomic E-state index is 12.6. The second kappa shape index (κ2) is 6.67. The van der Waals surface area contributed by atoms with Gasteiger partial charge in [-0.25, -0.2) is 0 Å². The Balaban J connectivity index is 1.91. The third-order valence-corrected chi connectivity index (χ3v) is 4.99. The van der Waals surface area contributed by atoms with Gasteiger partial charge >= 0.3 is 0 Å². The van der Waals surface area contributed by atoms with Crippen molar-refractivity contribution in [2.75, 3.05) is 4.90 Å². The summed E-state index contributed by atoms with van der Waals surface area (Å²) in [5.41, 5.74) is 2.19. The molecular weight excluding hydrogens is 392 g/mol. The van der Waals surface area contributed by atoms with Crippen LogP contribution < -0.4 is 4.90 Å². The summed E-state index contributed by atoms with van der Waals surface area (Å²) in [6.07, 6.45) is 1.79. The van der Waals surface area contributed by atoms with Crippen LogP contribution in [0, 0.1) is 11.3 Å². The Kier molecular flexibility index (Phi) is 4.62. The summed E-state index contributed by atoms with van der Waals surface area (Å²) in [6.45, 7) is 0. The molecule has 112 valence electrons. The van der Waals surface area contributed by atoms with Gasteiger partial charge in [-0.3, -0.25) is 9.69 Å². The van der Waals surface area contributed by atoms with Crippen LogP contribution >= 0.6 is 39.9 Å². The van der Waals surface area contributed by atoms with Crippen LogP contribution in [0.3, 0.4) is 0 Å². The first-order chi connectivity index (χ1) is 11.1. The zero-order valence-electron chi connectivity index (χ0n) is 11.7. The van der Waals surface area contributed by atoms with Crippen molar-refractivity contribution in [3.63, 3.8) is 0 Å². The lowest BCUT2D eigenvalue weighted by atomic mass is 10.1. The molecule has 6 heteroatoms. The van der Waals surface area contributed by atoms with Crippen LogP contribution in [0.4, 0.5) is 5.69 Å². The van der Waals surface area contributed by atoms with Crippen LogP contribution in [0.25, 0.3) is 6.08 Å². The minimum absolute atomic E-state index is 0.137. The highest BCUT2D eigenvalue weighted by Gasteiger charge is 2.33. The largest absolute Gasteiger partial charge is 0.270 e. The molecule has 0 bridgehead atoms. The van der Waals surface area contributed by atoms with Gasteiger partial charge in [-0.15, -0.1) is 0 Å². The number of anilines is 1. The van der Waals surface area contributed by atoms with Crippen LogP contribution in [-0.2, 0) is 4.79 Å². The third kappa shape index (κ3) is 3.37. The van der Waals surface area contributed by atoms with E-state index in [0.717, 1.165) is 15.7 Å². The Morgan fingerprint density at radius 3 is 2.61 bits per heavy atom. The van der Waals surface area contributed by atoms with E-state index in [2.05, 4.69) is 22.0 Å². The van der Waals surface area contributed by atoms with E-state index in [1.807, 2.05) is 36.4 Å². The number of carbonyl (C=O) groups is 1. The molecule has 0 atom stereocenters. The molecule has 1 aliphatic heterocycles. The molecule has 1 aliphatic rings. The number of nitriles is 1. The quantitative estimate of drug-likeness (QED) is 0.539. The molecule has 0 spiro atoms. The lowest BCUT2D eigenvalue weighted by molar-refractivity contribution is -0.113. The lowest BCUT2D eigenvalue weighted by Crippen LogP contribution is -2.27. The SMILES string of the molecule is N#Cc1ccc(/C=C2/SC(=S)N(c3cccc(Br)c3)C2=O)cc1. The Morgan fingerprint density at radius 2 is 1.96 bits per heavy atom. The van der Waals surface area contributed by atoms with E-state index in [1.165, 1.54) is 16.7 Å². The summed E-state index contributed by atoms with van der Waals surface area (Å²) < 4.78 is 1.40. The van der Waals surface area contributed by atoms with Crippen LogP contribution in [0.2, 0.25) is 0 Å². The summed E-state index contributed by atoms with van der Waals surface area (Å²) in [7, 11) is 0. The van der Waals surface area contributed by atoms with Crippen molar-refractivity contribution in [3.8, 4) is 6.07 Å². The molecule has 2 aromatic rings. The predicted molar refractivity (Wildman–Crippen MR) is 101 cm³/mol. The smallest absolute Gasteiger partial charge is 0.268 e. The van der Waals surface area contributed by atoms with Gasteiger partial charge in [-0.1, -0.05) is 58.1 Å². The van der Waals surface area contributed by atoms with Crippen LogP contribution in [-0.4, -0.2) is 10.2 Å². The molecule has 0 unspecified atom stereocenters. The van der Waals surface area contributed by atoms with Gasteiger partial charge in [0.05, 0.1) is 22.2 Å². The van der Waals surface area contributed by atoms with E-state index in [-0.39, 0.29) is 5.91 Å². The molecule has 1 saturated heterocycles. The van der Waals surface area contributed by atoms with Crippen molar-refractivity contribution >= 4 is 61.9 Å². The Bertz CT molecular complexity index is 869. The van der Waals surface area contributed by atoms with Gasteiger partial charge in [0.1, 0.15) is 0 Å². The molecular formula is C17H9BrN2OS2. The number of benzene rings is 2. The molecule has 0 aromatic heterocycles. The Labute approximate surface area is 151 Å². The lowest BCUT2D eigenvalue weighted by Gasteiger charge is -2.14. The molecule has 2 aromatic carbocycles. The van der Waals surface area contributed by atoms with Crippen LogP contribution in [0.15, 0.2) is 57.9 Å². The molecule has 0 N–H and O–H groups in total. The van der Waals surface area contributed by atoms with Crippen molar-refractivity contribution in [2.24, 2.45) is 0 Å². The van der Waals surface area contributed by atoms with Crippen molar-refractivity contribution in [1.82, 2.24) is 0 Å². The first-order valence-electron chi connectivity index (χ1n) is 6.62. The number of hydrogen-bond acceptors (Lipinski definition) is 4. The van der Waals surface area contributed by atoms with E-state index in [0.29, 0.717) is 14.8 Å². The normalized spacial score (nSPS) is 16.0. The molecule has 3 nitrogen and oxygen atoms in total. The van der Waals surface area contributed by atoms with E-state index in [9.17, 15) is 4.79 Å². The van der Waals surface area contributed by atoms with Gasteiger partial charge in [-0.2, -0.15) is 5.26 Å². The van der Waals surface area contributed by atoms with Crippen molar-refractivity contribution in [3.05, 3.63) is 69.0 Å². The number of hydrogen-bond donors (Lipinski definition) is 0. The van der Waals surface area contributed by atoms with Gasteiger partial charge in [0.2, 0.25) is 0 Å². The number of thioether (sulfide) groups is 1. The van der Waals surface area contributed by atoms with Gasteiger partial charge in [0, 0.05) is 4.47 Å². The molecule has 3 rings (SSSR count). The number of thiocarbonyl (C=S) groups is 1. The maximum absolute atomic E-state index is 12.6. The van der Waals surface area contributed by atoms with Gasteiger partial charge < -0.3 is 0 Å². The number of carbonyl (C=O) groups excluding carboxylic acids is 1. The fourth-order valence-corrected chi connectivity index (χ4v) is 3.80. The molecule has 1 fully saturated rings.